The number of aromatic nitrogens is 2. The van der Waals surface area contributed by atoms with Crippen LogP contribution in [0.3, 0.4) is 0 Å². The Morgan fingerprint density at radius 3 is 2.59 bits per heavy atom. The van der Waals surface area contributed by atoms with Crippen LogP contribution in [0.1, 0.15) is 48.5 Å². The Balaban J connectivity index is 1.21. The molecule has 1 aliphatic rings. The van der Waals surface area contributed by atoms with Crippen LogP contribution in [0.25, 0.3) is 0 Å². The molecule has 1 fully saturated rings. The van der Waals surface area contributed by atoms with Crippen molar-refractivity contribution in [1.29, 1.82) is 0 Å². The van der Waals surface area contributed by atoms with Gasteiger partial charge in [-0.2, -0.15) is 0 Å². The molecule has 1 aromatic heterocycles. The number of aryl methyl sites for hydroxylation is 1. The second kappa shape index (κ2) is 13.3. The lowest BCUT2D eigenvalue weighted by molar-refractivity contribution is -0.128. The molecule has 2 aromatic carbocycles. The van der Waals surface area contributed by atoms with Crippen molar-refractivity contribution < 1.29 is 14.4 Å². The van der Waals surface area contributed by atoms with Crippen LogP contribution in [0.15, 0.2) is 58.9 Å². The fourth-order valence-corrected chi connectivity index (χ4v) is 5.79. The fraction of sp³-hybridized carbons (Fsp3) is 0.370. The number of anilines is 2. The molecular weight excluding hydrogens is 506 g/mol. The van der Waals surface area contributed by atoms with Gasteiger partial charge in [-0.25, -0.2) is 0 Å². The van der Waals surface area contributed by atoms with Gasteiger partial charge in [0.25, 0.3) is 5.91 Å². The van der Waals surface area contributed by atoms with Gasteiger partial charge in [0.15, 0.2) is 4.34 Å². The Morgan fingerprint density at radius 1 is 1.05 bits per heavy atom. The van der Waals surface area contributed by atoms with Crippen molar-refractivity contribution in [1.82, 2.24) is 15.1 Å². The minimum Gasteiger partial charge on any atom is -0.342 e. The second-order valence-electron chi connectivity index (χ2n) is 8.93. The number of nitrogens with zero attached hydrogens (tertiary/aromatic N) is 3. The third-order valence-electron chi connectivity index (χ3n) is 6.09. The summed E-state index contributed by atoms with van der Waals surface area (Å²) in [6.45, 7) is 3.24. The molecule has 0 spiro atoms. The summed E-state index contributed by atoms with van der Waals surface area (Å²) in [6.07, 6.45) is 4.24. The van der Waals surface area contributed by atoms with Crippen molar-refractivity contribution in [3.8, 4) is 0 Å². The summed E-state index contributed by atoms with van der Waals surface area (Å²) in [5.74, 6) is 0.146. The van der Waals surface area contributed by atoms with Gasteiger partial charge in [-0.1, -0.05) is 66.8 Å². The van der Waals surface area contributed by atoms with Gasteiger partial charge >= 0.3 is 0 Å². The number of amides is 3. The SMILES string of the molecule is CCCCN1CC(C(=O)Nc2ccc(C(=O)Nc3nnc(SCCCc4ccccc4)s3)cc2)CC1=O. The molecule has 1 unspecified atom stereocenters. The van der Waals surface area contributed by atoms with Gasteiger partial charge in [-0.05, 0) is 49.1 Å². The van der Waals surface area contributed by atoms with Crippen LogP contribution < -0.4 is 10.6 Å². The summed E-state index contributed by atoms with van der Waals surface area (Å²) < 4.78 is 0.820. The molecule has 4 rings (SSSR count). The van der Waals surface area contributed by atoms with E-state index in [1.165, 1.54) is 16.9 Å². The maximum atomic E-state index is 12.6. The highest BCUT2D eigenvalue weighted by Crippen LogP contribution is 2.27. The van der Waals surface area contributed by atoms with Gasteiger partial charge in [0.2, 0.25) is 16.9 Å². The molecule has 1 aliphatic heterocycles. The van der Waals surface area contributed by atoms with Crippen LogP contribution in [0, 0.1) is 5.92 Å². The predicted octanol–water partition coefficient (Wildman–Crippen LogP) is 5.10. The minimum absolute atomic E-state index is 0.0334. The summed E-state index contributed by atoms with van der Waals surface area (Å²) in [7, 11) is 0. The molecule has 0 bridgehead atoms. The quantitative estimate of drug-likeness (QED) is 0.189. The molecule has 1 atom stereocenters. The third kappa shape index (κ3) is 7.87. The zero-order chi connectivity index (χ0) is 26.0. The first-order valence-corrected chi connectivity index (χ1v) is 14.3. The van der Waals surface area contributed by atoms with Crippen LogP contribution in [-0.2, 0) is 16.0 Å². The second-order valence-corrected chi connectivity index (χ2v) is 11.2. The summed E-state index contributed by atoms with van der Waals surface area (Å²) in [5.41, 5.74) is 2.36. The lowest BCUT2D eigenvalue weighted by atomic mass is 10.1. The van der Waals surface area contributed by atoms with Gasteiger partial charge in [0, 0.05) is 36.5 Å². The van der Waals surface area contributed by atoms with E-state index in [-0.39, 0.29) is 30.1 Å². The normalized spacial score (nSPS) is 15.1. The number of unbranched alkanes of at least 4 members (excludes halogenated alkanes) is 1. The maximum Gasteiger partial charge on any atom is 0.257 e. The Bertz CT molecular complexity index is 1200. The number of benzene rings is 2. The van der Waals surface area contributed by atoms with E-state index in [2.05, 4.69) is 39.9 Å². The molecule has 3 aromatic rings. The number of hydrogen-bond acceptors (Lipinski definition) is 7. The first-order chi connectivity index (χ1) is 18.0. The lowest BCUT2D eigenvalue weighted by Gasteiger charge is -2.16. The molecule has 0 aliphatic carbocycles. The van der Waals surface area contributed by atoms with Gasteiger partial charge < -0.3 is 10.2 Å². The average molecular weight is 538 g/mol. The molecular formula is C27H31N5O3S2. The van der Waals surface area contributed by atoms with Crippen molar-refractivity contribution in [3.05, 3.63) is 65.7 Å². The van der Waals surface area contributed by atoms with E-state index in [0.29, 0.717) is 29.5 Å². The summed E-state index contributed by atoms with van der Waals surface area (Å²) in [4.78, 5) is 39.2. The largest absolute Gasteiger partial charge is 0.342 e. The van der Waals surface area contributed by atoms with Gasteiger partial charge in [0.1, 0.15) is 0 Å². The van der Waals surface area contributed by atoms with Gasteiger partial charge in [-0.3, -0.25) is 19.7 Å². The van der Waals surface area contributed by atoms with Gasteiger partial charge in [0.05, 0.1) is 5.92 Å². The highest BCUT2D eigenvalue weighted by atomic mass is 32.2. The van der Waals surface area contributed by atoms with Crippen LogP contribution in [0.5, 0.6) is 0 Å². The Labute approximate surface area is 225 Å². The van der Waals surface area contributed by atoms with E-state index in [9.17, 15) is 14.4 Å². The smallest absolute Gasteiger partial charge is 0.257 e. The standard InChI is InChI=1S/C27H31N5O3S2/c1-2-3-15-32-18-21(17-23(32)33)25(35)28-22-13-11-20(12-14-22)24(34)29-26-30-31-27(37-26)36-16-7-10-19-8-5-4-6-9-19/h4-6,8-9,11-14,21H,2-3,7,10,15-18H2,1H3,(H,28,35)(H,29,30,34). The summed E-state index contributed by atoms with van der Waals surface area (Å²) in [5, 5.41) is 14.3. The van der Waals surface area contributed by atoms with E-state index in [0.717, 1.165) is 35.8 Å². The van der Waals surface area contributed by atoms with Crippen molar-refractivity contribution in [2.45, 2.75) is 43.4 Å². The zero-order valence-electron chi connectivity index (χ0n) is 20.8. The molecule has 1 saturated heterocycles. The molecule has 2 N–H and O–H groups in total. The highest BCUT2D eigenvalue weighted by Gasteiger charge is 2.33. The van der Waals surface area contributed by atoms with Crippen LogP contribution in [-0.4, -0.2) is 51.7 Å². The molecule has 10 heteroatoms. The summed E-state index contributed by atoms with van der Waals surface area (Å²) >= 11 is 2.99. The number of likely N-dealkylation sites (tertiary alicyclic amines) is 1. The Morgan fingerprint density at radius 2 is 1.84 bits per heavy atom. The third-order valence-corrected chi connectivity index (χ3v) is 8.14. The Kier molecular flexibility index (Phi) is 9.67. The molecule has 194 valence electrons. The topological polar surface area (TPSA) is 104 Å². The van der Waals surface area contributed by atoms with Crippen LogP contribution in [0.4, 0.5) is 10.8 Å². The number of hydrogen-bond donors (Lipinski definition) is 2. The van der Waals surface area contributed by atoms with Crippen LogP contribution >= 0.6 is 23.1 Å². The maximum absolute atomic E-state index is 12.6. The molecule has 8 nitrogen and oxygen atoms in total. The van der Waals surface area contributed by atoms with Crippen molar-refractivity contribution >= 4 is 51.6 Å². The first kappa shape index (κ1) is 26.8. The molecule has 37 heavy (non-hydrogen) atoms. The number of thioether (sulfide) groups is 1. The summed E-state index contributed by atoms with van der Waals surface area (Å²) in [6, 6.07) is 17.0. The van der Waals surface area contributed by atoms with Crippen molar-refractivity contribution in [2.75, 3.05) is 29.5 Å². The number of carbonyl (C=O) groups excluding carboxylic acids is 3. The predicted molar refractivity (Wildman–Crippen MR) is 148 cm³/mol. The number of carbonyl (C=O) groups is 3. The minimum atomic E-state index is -0.352. The number of nitrogens with one attached hydrogen (secondary N) is 2. The zero-order valence-corrected chi connectivity index (χ0v) is 22.4. The first-order valence-electron chi connectivity index (χ1n) is 12.5. The van der Waals surface area contributed by atoms with Crippen LogP contribution in [0.2, 0.25) is 0 Å². The van der Waals surface area contributed by atoms with E-state index in [1.54, 1.807) is 40.9 Å². The van der Waals surface area contributed by atoms with E-state index in [4.69, 9.17) is 0 Å². The monoisotopic (exact) mass is 537 g/mol. The number of rotatable bonds is 12. The van der Waals surface area contributed by atoms with Crippen molar-refractivity contribution in [2.24, 2.45) is 5.92 Å². The Hall–Kier alpha value is -3.24. The van der Waals surface area contributed by atoms with E-state index >= 15 is 0 Å². The molecule has 2 heterocycles. The van der Waals surface area contributed by atoms with Gasteiger partial charge in [-0.15, -0.1) is 10.2 Å². The van der Waals surface area contributed by atoms with E-state index in [1.807, 2.05) is 18.2 Å². The van der Waals surface area contributed by atoms with Crippen molar-refractivity contribution in [3.63, 3.8) is 0 Å². The molecule has 0 saturated carbocycles. The average Bonchev–Trinajstić information content (AvgIpc) is 3.52. The molecule has 3 amide bonds. The molecule has 0 radical (unpaired) electrons. The fourth-order valence-electron chi connectivity index (χ4n) is 4.03. The highest BCUT2D eigenvalue weighted by molar-refractivity contribution is 8.01. The van der Waals surface area contributed by atoms with E-state index < -0.39 is 0 Å². The lowest BCUT2D eigenvalue weighted by Crippen LogP contribution is -2.29.